The Morgan fingerprint density at radius 2 is 1.76 bits per heavy atom. The lowest BCUT2D eigenvalue weighted by Crippen LogP contribution is -2.14. The predicted molar refractivity (Wildman–Crippen MR) is 143 cm³/mol. The molecule has 5 aromatic heterocycles. The highest BCUT2D eigenvalue weighted by atomic mass is 19.1. The van der Waals surface area contributed by atoms with Gasteiger partial charge in [-0.2, -0.15) is 5.10 Å². The summed E-state index contributed by atoms with van der Waals surface area (Å²) in [4.78, 5) is 33.9. The number of hydrogen-bond donors (Lipinski definition) is 3. The normalized spacial score (nSPS) is 11.5. The molecule has 6 rings (SSSR count). The molecule has 0 bridgehead atoms. The molecule has 0 spiro atoms. The first-order chi connectivity index (χ1) is 18.4. The number of amides is 1. The van der Waals surface area contributed by atoms with Crippen LogP contribution in [0.3, 0.4) is 0 Å². The van der Waals surface area contributed by atoms with Crippen LogP contribution in [0.4, 0.5) is 10.1 Å². The lowest BCUT2D eigenvalue weighted by Gasteiger charge is -2.08. The Labute approximate surface area is 216 Å². The second-order valence-electron chi connectivity index (χ2n) is 9.42. The lowest BCUT2D eigenvalue weighted by molar-refractivity contribution is -0.116. The van der Waals surface area contributed by atoms with Gasteiger partial charge in [0.05, 0.1) is 34.3 Å². The third-order valence-electron chi connectivity index (χ3n) is 6.06. The number of fused-ring (bicyclic) bond motifs is 2. The Kier molecular flexibility index (Phi) is 5.83. The molecule has 0 atom stereocenters. The molecule has 10 heteroatoms. The number of rotatable bonds is 6. The Balaban J connectivity index is 1.38. The zero-order chi connectivity index (χ0) is 26.2. The first kappa shape index (κ1) is 23.4. The summed E-state index contributed by atoms with van der Waals surface area (Å²) in [7, 11) is 0. The molecule has 6 aromatic rings. The van der Waals surface area contributed by atoms with Crippen LogP contribution in [0.2, 0.25) is 0 Å². The van der Waals surface area contributed by atoms with Crippen molar-refractivity contribution in [3.8, 4) is 34.0 Å². The van der Waals surface area contributed by atoms with Crippen molar-refractivity contribution in [3.05, 3.63) is 72.9 Å². The standard InChI is InChI=1S/C28H23FN8O/c1-15(2)11-23(38)32-19-12-17(13-30-14-19)20-7-8-22-26(33-20)27(37-36-22)28-34-21-9-10-31-24(25(21)35-28)16-3-5-18(29)6-4-16/h3-10,12-15H,11H2,1-2H3,(H,32,38)(H,34,35)(H,36,37). The third-order valence-corrected chi connectivity index (χ3v) is 6.06. The number of carbonyl (C=O) groups excluding carboxylic acids is 1. The fraction of sp³-hybridized carbons (Fsp3) is 0.143. The van der Waals surface area contributed by atoms with Crippen LogP contribution in [0.25, 0.3) is 56.1 Å². The Bertz CT molecular complexity index is 1790. The number of pyridine rings is 3. The van der Waals surface area contributed by atoms with E-state index >= 15 is 0 Å². The van der Waals surface area contributed by atoms with E-state index in [9.17, 15) is 9.18 Å². The first-order valence-corrected chi connectivity index (χ1v) is 12.2. The Morgan fingerprint density at radius 1 is 0.947 bits per heavy atom. The Hall–Kier alpha value is -4.99. The highest BCUT2D eigenvalue weighted by Crippen LogP contribution is 2.31. The summed E-state index contributed by atoms with van der Waals surface area (Å²) in [6.07, 6.45) is 5.43. The molecular formula is C28H23FN8O. The molecule has 188 valence electrons. The molecule has 3 N–H and O–H groups in total. The number of carbonyl (C=O) groups is 1. The van der Waals surface area contributed by atoms with Crippen LogP contribution in [0.15, 0.2) is 67.1 Å². The van der Waals surface area contributed by atoms with E-state index in [-0.39, 0.29) is 17.6 Å². The fourth-order valence-electron chi connectivity index (χ4n) is 4.32. The van der Waals surface area contributed by atoms with Crippen LogP contribution in [0.1, 0.15) is 20.3 Å². The lowest BCUT2D eigenvalue weighted by atomic mass is 10.1. The summed E-state index contributed by atoms with van der Waals surface area (Å²) < 4.78 is 13.4. The van der Waals surface area contributed by atoms with Crippen LogP contribution in [-0.4, -0.2) is 41.0 Å². The van der Waals surface area contributed by atoms with E-state index in [0.717, 1.165) is 22.2 Å². The van der Waals surface area contributed by atoms with E-state index in [1.165, 1.54) is 12.1 Å². The summed E-state index contributed by atoms with van der Waals surface area (Å²) in [5, 5.41) is 10.4. The molecule has 0 radical (unpaired) electrons. The molecule has 5 heterocycles. The number of aromatic amines is 2. The van der Waals surface area contributed by atoms with Gasteiger partial charge in [-0.25, -0.2) is 14.4 Å². The van der Waals surface area contributed by atoms with Crippen LogP contribution >= 0.6 is 0 Å². The van der Waals surface area contributed by atoms with Gasteiger partial charge in [-0.3, -0.25) is 19.9 Å². The smallest absolute Gasteiger partial charge is 0.224 e. The highest BCUT2D eigenvalue weighted by Gasteiger charge is 2.18. The minimum Gasteiger partial charge on any atom is -0.336 e. The number of halogens is 1. The molecule has 0 saturated heterocycles. The zero-order valence-electron chi connectivity index (χ0n) is 20.7. The summed E-state index contributed by atoms with van der Waals surface area (Å²) >= 11 is 0. The van der Waals surface area contributed by atoms with Crippen LogP contribution < -0.4 is 5.32 Å². The van der Waals surface area contributed by atoms with Crippen LogP contribution in [-0.2, 0) is 4.79 Å². The molecule has 0 aliphatic heterocycles. The van der Waals surface area contributed by atoms with E-state index in [0.29, 0.717) is 46.0 Å². The maximum absolute atomic E-state index is 13.4. The molecule has 0 unspecified atom stereocenters. The molecule has 0 aliphatic carbocycles. The molecular weight excluding hydrogens is 483 g/mol. The van der Waals surface area contributed by atoms with Crippen molar-refractivity contribution in [3.63, 3.8) is 0 Å². The van der Waals surface area contributed by atoms with E-state index in [1.807, 2.05) is 38.1 Å². The maximum atomic E-state index is 13.4. The number of imidazole rings is 1. The minimum absolute atomic E-state index is 0.0566. The average molecular weight is 507 g/mol. The largest absolute Gasteiger partial charge is 0.336 e. The number of nitrogens with zero attached hydrogens (tertiary/aromatic N) is 5. The van der Waals surface area contributed by atoms with Crippen LogP contribution in [0.5, 0.6) is 0 Å². The van der Waals surface area contributed by atoms with E-state index in [4.69, 9.17) is 9.97 Å². The van der Waals surface area contributed by atoms with Gasteiger partial charge >= 0.3 is 0 Å². The first-order valence-electron chi connectivity index (χ1n) is 12.2. The summed E-state index contributed by atoms with van der Waals surface area (Å²) in [5.41, 5.74) is 6.80. The second-order valence-corrected chi connectivity index (χ2v) is 9.42. The SMILES string of the molecule is CC(C)CC(=O)Nc1cncc(-c2ccc3[nH]nc(-c4nc5c(-c6ccc(F)cc6)nccc5[nH]4)c3n2)c1. The number of benzene rings is 1. The number of nitrogens with one attached hydrogen (secondary N) is 3. The van der Waals surface area contributed by atoms with Gasteiger partial charge in [-0.1, -0.05) is 13.8 Å². The van der Waals surface area contributed by atoms with Crippen molar-refractivity contribution in [1.82, 2.24) is 35.1 Å². The summed E-state index contributed by atoms with van der Waals surface area (Å²) in [5.74, 6) is 0.418. The van der Waals surface area contributed by atoms with Gasteiger partial charge in [-0.15, -0.1) is 0 Å². The van der Waals surface area contributed by atoms with Crippen molar-refractivity contribution in [2.75, 3.05) is 5.32 Å². The molecule has 1 aromatic carbocycles. The van der Waals surface area contributed by atoms with Crippen molar-refractivity contribution in [2.45, 2.75) is 20.3 Å². The van der Waals surface area contributed by atoms with Crippen molar-refractivity contribution < 1.29 is 9.18 Å². The van der Waals surface area contributed by atoms with E-state index < -0.39 is 0 Å². The van der Waals surface area contributed by atoms with Gasteiger partial charge in [-0.05, 0) is 54.4 Å². The summed E-state index contributed by atoms with van der Waals surface area (Å²) in [6.45, 7) is 4.00. The minimum atomic E-state index is -0.313. The second kappa shape index (κ2) is 9.47. The number of hydrogen-bond acceptors (Lipinski definition) is 6. The van der Waals surface area contributed by atoms with Crippen molar-refractivity contribution >= 4 is 33.7 Å². The third kappa shape index (κ3) is 4.47. The molecule has 0 aliphatic rings. The highest BCUT2D eigenvalue weighted by molar-refractivity contribution is 5.95. The van der Waals surface area contributed by atoms with E-state index in [1.54, 1.807) is 30.7 Å². The number of anilines is 1. The maximum Gasteiger partial charge on any atom is 0.224 e. The van der Waals surface area contributed by atoms with E-state index in [2.05, 4.69) is 30.5 Å². The zero-order valence-corrected chi connectivity index (χ0v) is 20.7. The van der Waals surface area contributed by atoms with Gasteiger partial charge in [0.15, 0.2) is 11.5 Å². The van der Waals surface area contributed by atoms with Gasteiger partial charge < -0.3 is 10.3 Å². The molecule has 0 saturated carbocycles. The molecule has 38 heavy (non-hydrogen) atoms. The number of H-pyrrole nitrogens is 2. The van der Waals surface area contributed by atoms with Gasteiger partial charge in [0.25, 0.3) is 0 Å². The van der Waals surface area contributed by atoms with Gasteiger partial charge in [0.2, 0.25) is 5.91 Å². The summed E-state index contributed by atoms with van der Waals surface area (Å²) in [6, 6.07) is 13.6. The number of aromatic nitrogens is 7. The molecule has 9 nitrogen and oxygen atoms in total. The monoisotopic (exact) mass is 506 g/mol. The fourth-order valence-corrected chi connectivity index (χ4v) is 4.32. The van der Waals surface area contributed by atoms with Gasteiger partial charge in [0, 0.05) is 29.9 Å². The van der Waals surface area contributed by atoms with Crippen molar-refractivity contribution in [1.29, 1.82) is 0 Å². The Morgan fingerprint density at radius 3 is 2.58 bits per heavy atom. The van der Waals surface area contributed by atoms with Crippen LogP contribution in [0, 0.1) is 11.7 Å². The predicted octanol–water partition coefficient (Wildman–Crippen LogP) is 5.75. The molecule has 1 amide bonds. The van der Waals surface area contributed by atoms with Crippen molar-refractivity contribution in [2.24, 2.45) is 5.92 Å². The molecule has 0 fully saturated rings. The average Bonchev–Trinajstić information content (AvgIpc) is 3.52. The topological polar surface area (TPSA) is 125 Å². The van der Waals surface area contributed by atoms with Gasteiger partial charge in [0.1, 0.15) is 16.9 Å². The quantitative estimate of drug-likeness (QED) is 0.264.